The van der Waals surface area contributed by atoms with E-state index in [-0.39, 0.29) is 0 Å². The van der Waals surface area contributed by atoms with Gasteiger partial charge in [0.15, 0.2) is 0 Å². The molecular formula is C16H27P. The van der Waals surface area contributed by atoms with Crippen molar-refractivity contribution in [3.63, 3.8) is 0 Å². The van der Waals surface area contributed by atoms with Crippen LogP contribution < -0.4 is 0 Å². The van der Waals surface area contributed by atoms with Gasteiger partial charge in [0.05, 0.1) is 0 Å². The molecule has 96 valence electrons. The van der Waals surface area contributed by atoms with Gasteiger partial charge in [-0.2, -0.15) is 0 Å². The molecule has 6 unspecified atom stereocenters. The van der Waals surface area contributed by atoms with Gasteiger partial charge in [0.25, 0.3) is 0 Å². The lowest BCUT2D eigenvalue weighted by Crippen LogP contribution is -2.25. The van der Waals surface area contributed by atoms with Crippen molar-refractivity contribution < 1.29 is 0 Å². The van der Waals surface area contributed by atoms with E-state index in [2.05, 4.69) is 6.92 Å². The molecule has 4 saturated carbocycles. The molecule has 0 aliphatic heterocycles. The Morgan fingerprint density at radius 3 is 1.59 bits per heavy atom. The maximum atomic E-state index is 2.52. The summed E-state index contributed by atoms with van der Waals surface area (Å²) in [5.74, 6) is 4.70. The normalized spacial score (nSPS) is 53.5. The first kappa shape index (κ1) is 11.3. The summed E-state index contributed by atoms with van der Waals surface area (Å²) in [6, 6.07) is 0. The molecule has 4 fully saturated rings. The molecule has 0 aromatic carbocycles. The van der Waals surface area contributed by atoms with Gasteiger partial charge in [-0.05, 0) is 79.7 Å². The quantitative estimate of drug-likeness (QED) is 0.627. The van der Waals surface area contributed by atoms with Gasteiger partial charge in [-0.25, -0.2) is 0 Å². The molecule has 4 aliphatic rings. The van der Waals surface area contributed by atoms with Crippen molar-refractivity contribution >= 4 is 7.92 Å². The van der Waals surface area contributed by atoms with Gasteiger partial charge < -0.3 is 0 Å². The summed E-state index contributed by atoms with van der Waals surface area (Å²) in [7, 11) is 0.410. The Morgan fingerprint density at radius 1 is 0.765 bits per heavy atom. The second kappa shape index (κ2) is 4.22. The maximum Gasteiger partial charge on any atom is -0.0176 e. The van der Waals surface area contributed by atoms with Crippen LogP contribution in [-0.2, 0) is 0 Å². The van der Waals surface area contributed by atoms with Gasteiger partial charge in [0, 0.05) is 0 Å². The minimum absolute atomic E-state index is 0.410. The molecule has 6 atom stereocenters. The highest BCUT2D eigenvalue weighted by molar-refractivity contribution is 7.59. The number of rotatable bonds is 3. The van der Waals surface area contributed by atoms with Crippen LogP contribution in [0.2, 0.25) is 0 Å². The molecule has 17 heavy (non-hydrogen) atoms. The van der Waals surface area contributed by atoms with E-state index in [9.17, 15) is 0 Å². The molecule has 0 aromatic rings. The van der Waals surface area contributed by atoms with Gasteiger partial charge in [0.2, 0.25) is 0 Å². The van der Waals surface area contributed by atoms with Crippen molar-refractivity contribution in [2.75, 3.05) is 6.16 Å². The first-order chi connectivity index (χ1) is 8.35. The lowest BCUT2D eigenvalue weighted by Gasteiger charge is -2.38. The fraction of sp³-hybridized carbons (Fsp3) is 1.00. The number of hydrogen-bond donors (Lipinski definition) is 0. The molecule has 0 aromatic heterocycles. The van der Waals surface area contributed by atoms with E-state index in [4.69, 9.17) is 0 Å². The van der Waals surface area contributed by atoms with Crippen molar-refractivity contribution in [2.45, 2.75) is 69.6 Å². The fourth-order valence-electron chi connectivity index (χ4n) is 5.95. The van der Waals surface area contributed by atoms with Crippen LogP contribution in [0, 0.1) is 23.7 Å². The van der Waals surface area contributed by atoms with Crippen molar-refractivity contribution in [3.8, 4) is 0 Å². The van der Waals surface area contributed by atoms with Crippen molar-refractivity contribution in [3.05, 3.63) is 0 Å². The van der Waals surface area contributed by atoms with E-state index in [0.717, 1.165) is 0 Å². The Kier molecular flexibility index (Phi) is 2.80. The van der Waals surface area contributed by atoms with Gasteiger partial charge in [-0.1, -0.05) is 19.8 Å². The summed E-state index contributed by atoms with van der Waals surface area (Å²) in [5.41, 5.74) is 2.44. The van der Waals surface area contributed by atoms with Crippen LogP contribution in [-0.4, -0.2) is 17.5 Å². The fourth-order valence-corrected chi connectivity index (χ4v) is 10.1. The summed E-state index contributed by atoms with van der Waals surface area (Å²) in [4.78, 5) is 0. The van der Waals surface area contributed by atoms with Crippen molar-refractivity contribution in [2.24, 2.45) is 23.7 Å². The average molecular weight is 250 g/mol. The highest BCUT2D eigenvalue weighted by Gasteiger charge is 2.49. The van der Waals surface area contributed by atoms with E-state index in [1.807, 2.05) is 0 Å². The van der Waals surface area contributed by atoms with Crippen LogP contribution >= 0.6 is 7.92 Å². The molecule has 0 nitrogen and oxygen atoms in total. The number of hydrogen-bond acceptors (Lipinski definition) is 0. The van der Waals surface area contributed by atoms with Gasteiger partial charge in [-0.3, -0.25) is 0 Å². The van der Waals surface area contributed by atoms with E-state index in [0.29, 0.717) is 7.92 Å². The Bertz CT molecular complexity index is 272. The molecule has 4 aliphatic carbocycles. The van der Waals surface area contributed by atoms with Crippen LogP contribution in [0.3, 0.4) is 0 Å². The topological polar surface area (TPSA) is 0 Å². The van der Waals surface area contributed by atoms with Gasteiger partial charge in [0.1, 0.15) is 0 Å². The second-order valence-electron chi connectivity index (χ2n) is 7.31. The lowest BCUT2D eigenvalue weighted by molar-refractivity contribution is 0.461. The molecule has 4 bridgehead atoms. The third-order valence-electron chi connectivity index (χ3n) is 6.62. The predicted octanol–water partition coefficient (Wildman–Crippen LogP) is 4.87. The summed E-state index contributed by atoms with van der Waals surface area (Å²) in [6.07, 6.45) is 14.5. The largest absolute Gasteiger partial charge is 0.100 e. The monoisotopic (exact) mass is 250 g/mol. The standard InChI is InChI=1S/C16H27P/c1-2-17(15-9-11-3-5-13(15)7-11)16-10-12-4-6-14(16)8-12/h11-16H,2-10H2,1H3. The predicted molar refractivity (Wildman–Crippen MR) is 75.9 cm³/mol. The zero-order valence-electron chi connectivity index (χ0n) is 11.3. The Labute approximate surface area is 108 Å². The zero-order chi connectivity index (χ0) is 11.4. The Balaban J connectivity index is 1.51. The van der Waals surface area contributed by atoms with Crippen LogP contribution in [0.4, 0.5) is 0 Å². The smallest absolute Gasteiger partial charge is 0.0176 e. The zero-order valence-corrected chi connectivity index (χ0v) is 12.2. The summed E-state index contributed by atoms with van der Waals surface area (Å²) in [6.45, 7) is 2.52. The first-order valence-electron chi connectivity index (χ1n) is 8.11. The first-order valence-corrected chi connectivity index (χ1v) is 9.77. The van der Waals surface area contributed by atoms with E-state index < -0.39 is 0 Å². The van der Waals surface area contributed by atoms with Crippen LogP contribution in [0.15, 0.2) is 0 Å². The van der Waals surface area contributed by atoms with Crippen molar-refractivity contribution in [1.82, 2.24) is 0 Å². The second-order valence-corrected chi connectivity index (χ2v) is 10.3. The Morgan fingerprint density at radius 2 is 1.29 bits per heavy atom. The van der Waals surface area contributed by atoms with Crippen molar-refractivity contribution in [1.29, 1.82) is 0 Å². The molecule has 0 saturated heterocycles. The van der Waals surface area contributed by atoms with Crippen LogP contribution in [0.25, 0.3) is 0 Å². The molecule has 0 spiro atoms. The molecule has 0 radical (unpaired) electrons. The summed E-state index contributed by atoms with van der Waals surface area (Å²) < 4.78 is 0. The van der Waals surface area contributed by atoms with Gasteiger partial charge in [-0.15, -0.1) is 7.92 Å². The molecule has 0 amide bonds. The highest BCUT2D eigenvalue weighted by Crippen LogP contribution is 2.66. The lowest BCUT2D eigenvalue weighted by atomic mass is 9.99. The van der Waals surface area contributed by atoms with E-state index in [1.54, 1.807) is 57.5 Å². The summed E-state index contributed by atoms with van der Waals surface area (Å²) in [5, 5.41) is 0. The Hall–Kier alpha value is 0.430. The van der Waals surface area contributed by atoms with Crippen LogP contribution in [0.5, 0.6) is 0 Å². The number of fused-ring (bicyclic) bond motifs is 4. The van der Waals surface area contributed by atoms with Gasteiger partial charge >= 0.3 is 0 Å². The molecular weight excluding hydrogens is 223 g/mol. The molecule has 4 rings (SSSR count). The maximum absolute atomic E-state index is 2.52. The third-order valence-corrected chi connectivity index (χ3v) is 10.3. The minimum atomic E-state index is 0.410. The van der Waals surface area contributed by atoms with E-state index in [1.165, 1.54) is 35.0 Å². The molecule has 1 heteroatoms. The molecule has 0 N–H and O–H groups in total. The highest BCUT2D eigenvalue weighted by atomic mass is 31.1. The third kappa shape index (κ3) is 1.73. The van der Waals surface area contributed by atoms with E-state index >= 15 is 0 Å². The SMILES string of the molecule is CCP(C1CC2CCC1C2)C1CC2CCC1C2. The minimum Gasteiger partial charge on any atom is -0.100 e. The van der Waals surface area contributed by atoms with Crippen LogP contribution in [0.1, 0.15) is 58.3 Å². The molecule has 0 heterocycles. The summed E-state index contributed by atoms with van der Waals surface area (Å²) >= 11 is 0. The average Bonchev–Trinajstić information content (AvgIpc) is 3.10.